The first-order chi connectivity index (χ1) is 50.8. The monoisotopic (exact) mass is 1760 g/mol. The van der Waals surface area contributed by atoms with E-state index in [-0.39, 0.29) is 10.6 Å². The van der Waals surface area contributed by atoms with Gasteiger partial charge in [-0.3, -0.25) is 36.7 Å². The summed E-state index contributed by atoms with van der Waals surface area (Å²) in [5.74, 6) is -0.545. The number of nitrogens with one attached hydrogen (secondary N) is 1. The third-order valence-corrected chi connectivity index (χ3v) is 20.6. The topological polar surface area (TPSA) is 525 Å². The van der Waals surface area contributed by atoms with Gasteiger partial charge in [-0.2, -0.15) is 58.9 Å². The number of benzene rings is 1. The van der Waals surface area contributed by atoms with Gasteiger partial charge < -0.3 is 53.8 Å². The highest BCUT2D eigenvalue weighted by Crippen LogP contribution is 2.41. The van der Waals surface area contributed by atoms with Crippen molar-refractivity contribution in [2.24, 2.45) is 0 Å². The molecule has 48 heteroatoms. The number of hydrogen-bond donors (Lipinski definition) is 8. The third-order valence-electron chi connectivity index (χ3n) is 16.2. The van der Waals surface area contributed by atoms with Crippen molar-refractivity contribution in [3.05, 3.63) is 24.3 Å². The van der Waals surface area contributed by atoms with Crippen LogP contribution in [0.15, 0.2) is 29.2 Å². The molecule has 1 aromatic carbocycles. The first-order valence-electron chi connectivity index (χ1n) is 36.4. The summed E-state index contributed by atoms with van der Waals surface area (Å²) in [7, 11) is -41.4. The van der Waals surface area contributed by atoms with E-state index in [9.17, 15) is 91.0 Å². The van der Waals surface area contributed by atoms with Crippen LogP contribution < -0.4 is 5.32 Å². The molecule has 2 saturated heterocycles. The first kappa shape index (κ1) is 116. The minimum absolute atomic E-state index is 0.0450. The molecule has 110 heavy (non-hydrogen) atoms. The summed E-state index contributed by atoms with van der Waals surface area (Å²) in [4.78, 5) is 28.0. The zero-order valence-corrected chi connectivity index (χ0v) is 74.6. The van der Waals surface area contributed by atoms with Crippen molar-refractivity contribution in [3.63, 3.8) is 0 Å². The molecule has 0 saturated carbocycles. The van der Waals surface area contributed by atoms with Crippen molar-refractivity contribution < 1.29 is 139 Å². The smallest absolute Gasteiger partial charge is 0.356 e. The minimum Gasteiger partial charge on any atom is -0.356 e. The van der Waals surface area contributed by atoms with Gasteiger partial charge in [-0.05, 0) is 162 Å². The van der Waals surface area contributed by atoms with E-state index in [0.717, 1.165) is 6.92 Å². The Balaban J connectivity index is -0.000000593. The van der Waals surface area contributed by atoms with E-state index in [1.807, 2.05) is 0 Å². The Bertz CT molecular complexity index is 3170. The molecule has 1 amide bonds. The highest BCUT2D eigenvalue weighted by atomic mass is 32.3. The maximum absolute atomic E-state index is 12.2. The van der Waals surface area contributed by atoms with Gasteiger partial charge in [-0.15, -0.1) is 0 Å². The fraction of sp³-hybridized carbons (Fsp3) is 0.887. The summed E-state index contributed by atoms with van der Waals surface area (Å²) in [6, 6.07) is 4.81. The Morgan fingerprint density at radius 3 is 0.791 bits per heavy atom. The second kappa shape index (κ2) is 62.0. The SMILES string of the molecule is CC(=O)Nc1ccc(S[C@@H]2O[C@H](COS(=O)(=O)O)[C@@H](O[C@H]3O[C@H](COS(=O)(=O)O)[C@@H](OS(=O)(=O)O)[C@H](OS(=O)(=O)O)[C@H]3OS(=O)(=O)O)[C@H](OS(=O)(=O)O)[C@H]2OS(=O)(=O)O)cc1.CCN(CC)CC.CCN(CC)CC.CCN(CC)CC.CCN(CC)CC.CCN(CC)CC.CCN(CC)CC.CCN(CC)CC. The lowest BCUT2D eigenvalue weighted by molar-refractivity contribution is -0.325. The predicted octanol–water partition coefficient (Wildman–Crippen LogP) is 5.59. The normalized spacial score (nSPS) is 20.4. The van der Waals surface area contributed by atoms with E-state index >= 15 is 0 Å². The van der Waals surface area contributed by atoms with Crippen molar-refractivity contribution >= 4 is 96.1 Å². The van der Waals surface area contributed by atoms with Crippen LogP contribution in [-0.4, -0.2) is 342 Å². The van der Waals surface area contributed by atoms with Crippen LogP contribution in [0, 0.1) is 0 Å². The Kier molecular flexibility index (Phi) is 65.5. The molecule has 662 valence electrons. The number of nitrogens with zero attached hydrogens (tertiary/aromatic N) is 7. The van der Waals surface area contributed by atoms with E-state index < -0.39 is 152 Å². The van der Waals surface area contributed by atoms with Crippen molar-refractivity contribution in [3.8, 4) is 0 Å². The van der Waals surface area contributed by atoms with Crippen LogP contribution in [0.4, 0.5) is 5.69 Å². The van der Waals surface area contributed by atoms with Gasteiger partial charge in [0.2, 0.25) is 5.91 Å². The molecule has 0 aromatic heterocycles. The number of hydrogen-bond acceptors (Lipinski definition) is 33. The van der Waals surface area contributed by atoms with Gasteiger partial charge >= 0.3 is 72.8 Å². The average Bonchev–Trinajstić information content (AvgIpc) is 0.758. The van der Waals surface area contributed by atoms with Crippen molar-refractivity contribution in [1.82, 2.24) is 34.3 Å². The van der Waals surface area contributed by atoms with Crippen LogP contribution in [0.5, 0.6) is 0 Å². The zero-order valence-electron chi connectivity index (χ0n) is 68.1. The Hall–Kier alpha value is -2.27. The van der Waals surface area contributed by atoms with Crippen LogP contribution in [0.25, 0.3) is 0 Å². The predicted molar refractivity (Wildman–Crippen MR) is 420 cm³/mol. The standard InChI is InChI=1S/C20H29NO32S8.7C6H15N/c1-8(22)21-9-2-4-10(5-3-9)54-20-18(53-61(41,42)43)15(50-58(32,33)34)13(11(47-20)6-44-55(23,24)25)48-19-17(52-60(38,39)40)16(51-59(35,36)37)14(49-57(29,30)31)12(46-19)7-45-56(26,27)28;7*1-4-7(5-2)6-3/h2-5,11-20H,6-7H2,1H3,(H,21,22)(H,23,24,25)(H,26,27,28)(H,29,30,31)(H,32,33,34)(H,35,36,37)(H,38,39,40)(H,41,42,43);7*4-6H2,1-3H3/t11-,12-,13-,14-,15+,16+,17-,18-,19-,20+;;;;;;;/m1......./s1. The number of thioether (sulfide) groups is 1. The number of amides is 1. The first-order valence-corrected chi connectivity index (χ1v) is 46.8. The number of ether oxygens (including phenoxy) is 3. The molecular weight excluding hydrogens is 1630 g/mol. The van der Waals surface area contributed by atoms with Crippen LogP contribution in [-0.2, 0) is 121 Å². The van der Waals surface area contributed by atoms with E-state index in [0.29, 0.717) is 11.8 Å². The third kappa shape index (κ3) is 60.3. The fourth-order valence-electron chi connectivity index (χ4n) is 9.75. The molecule has 1 aromatic rings. The van der Waals surface area contributed by atoms with Gasteiger partial charge in [0.15, 0.2) is 12.4 Å². The van der Waals surface area contributed by atoms with E-state index in [2.05, 4.69) is 214 Å². The molecule has 0 spiro atoms. The summed E-state index contributed by atoms with van der Waals surface area (Å²) < 4.78 is 278. The Morgan fingerprint density at radius 2 is 0.564 bits per heavy atom. The summed E-state index contributed by atoms with van der Waals surface area (Å²) in [5.41, 5.74) is -2.03. The molecule has 40 nitrogen and oxygen atoms in total. The average molecular weight is 1760 g/mol. The maximum Gasteiger partial charge on any atom is 0.397 e. The van der Waals surface area contributed by atoms with Gasteiger partial charge in [-0.1, -0.05) is 157 Å². The molecule has 2 fully saturated rings. The van der Waals surface area contributed by atoms with E-state index in [1.165, 1.54) is 162 Å². The van der Waals surface area contributed by atoms with E-state index in [4.69, 9.17) is 18.8 Å². The summed E-state index contributed by atoms with van der Waals surface area (Å²) in [5, 5.41) is 2.38. The molecule has 2 heterocycles. The lowest BCUT2D eigenvalue weighted by Crippen LogP contribution is -2.66. The van der Waals surface area contributed by atoms with Gasteiger partial charge in [0.25, 0.3) is 0 Å². The summed E-state index contributed by atoms with van der Waals surface area (Å²) in [6.45, 7) is 68.5. The second-order valence-electron chi connectivity index (χ2n) is 22.7. The number of carbonyl (C=O) groups excluding carboxylic acids is 1. The van der Waals surface area contributed by atoms with Gasteiger partial charge in [0.05, 0.1) is 13.2 Å². The van der Waals surface area contributed by atoms with Crippen LogP contribution in [0.1, 0.15) is 152 Å². The van der Waals surface area contributed by atoms with Gasteiger partial charge in [-0.25, -0.2) is 29.3 Å². The minimum atomic E-state index is -6.13. The van der Waals surface area contributed by atoms with Gasteiger partial charge in [0, 0.05) is 17.5 Å². The van der Waals surface area contributed by atoms with Crippen LogP contribution >= 0.6 is 11.8 Å². The molecule has 0 radical (unpaired) electrons. The number of anilines is 1. The molecular formula is C62H134N8O32S8. The largest absolute Gasteiger partial charge is 0.397 e. The van der Waals surface area contributed by atoms with E-state index in [1.54, 1.807) is 0 Å². The quantitative estimate of drug-likeness (QED) is 0.0370. The number of rotatable bonds is 42. The molecule has 8 N–H and O–H groups in total. The number of carbonyl (C=O) groups is 1. The van der Waals surface area contributed by atoms with Crippen molar-refractivity contribution in [2.45, 2.75) is 218 Å². The molecule has 2 aliphatic heterocycles. The van der Waals surface area contributed by atoms with Crippen molar-refractivity contribution in [1.29, 1.82) is 0 Å². The molecule has 0 bridgehead atoms. The lowest BCUT2D eigenvalue weighted by atomic mass is 9.97. The molecule has 0 aliphatic carbocycles. The van der Waals surface area contributed by atoms with Gasteiger partial charge in [0.1, 0.15) is 48.2 Å². The summed E-state index contributed by atoms with van der Waals surface area (Å²) >= 11 is 0.294. The molecule has 10 atom stereocenters. The molecule has 3 rings (SSSR count). The highest BCUT2D eigenvalue weighted by molar-refractivity contribution is 7.99. The van der Waals surface area contributed by atoms with Crippen LogP contribution in [0.3, 0.4) is 0 Å². The Morgan fingerprint density at radius 1 is 0.336 bits per heavy atom. The maximum atomic E-state index is 12.2. The molecule has 0 unspecified atom stereocenters. The second-order valence-corrected chi connectivity index (χ2v) is 31.3. The molecule has 2 aliphatic rings. The lowest BCUT2D eigenvalue weighted by Gasteiger charge is -2.48. The van der Waals surface area contributed by atoms with Crippen LogP contribution in [0.2, 0.25) is 0 Å². The zero-order chi connectivity index (χ0) is 86.6. The summed E-state index contributed by atoms with van der Waals surface area (Å²) in [6.07, 6.45) is -26.7. The van der Waals surface area contributed by atoms with Crippen molar-refractivity contribution in [2.75, 3.05) is 156 Å². The Labute approximate surface area is 663 Å². The highest BCUT2D eigenvalue weighted by Gasteiger charge is 2.59. The fourth-order valence-corrected chi connectivity index (χ4v) is 14.0.